The van der Waals surface area contributed by atoms with Crippen LogP contribution in [0.25, 0.3) is 0 Å². The average molecular weight is 343 g/mol. The summed E-state index contributed by atoms with van der Waals surface area (Å²) in [5, 5.41) is 15.6. The molecule has 0 aliphatic rings. The molecule has 0 spiro atoms. The molecule has 0 radical (unpaired) electrons. The van der Waals surface area contributed by atoms with E-state index in [2.05, 4.69) is 13.8 Å². The normalized spacial score (nSPS) is 10.4. The number of rotatable bonds is 15. The summed E-state index contributed by atoms with van der Waals surface area (Å²) in [6.07, 6.45) is 21.5. The first-order chi connectivity index (χ1) is 11.5. The van der Waals surface area contributed by atoms with Crippen molar-refractivity contribution in [3.8, 4) is 0 Å². The van der Waals surface area contributed by atoms with E-state index in [9.17, 15) is 9.59 Å². The lowest BCUT2D eigenvalue weighted by atomic mass is 10.0. The molecule has 142 valence electrons. The third-order valence-electron chi connectivity index (χ3n) is 3.83. The van der Waals surface area contributed by atoms with Gasteiger partial charge >= 0.3 is 11.9 Å². The predicted molar refractivity (Wildman–Crippen MR) is 100 cm³/mol. The number of hydrogen-bond acceptors (Lipinski definition) is 2. The largest absolute Gasteiger partial charge is 0.478 e. The molecule has 0 saturated carbocycles. The minimum absolute atomic E-state index is 0.558. The van der Waals surface area contributed by atoms with Gasteiger partial charge in [0.25, 0.3) is 0 Å². The van der Waals surface area contributed by atoms with Gasteiger partial charge < -0.3 is 10.2 Å². The summed E-state index contributed by atoms with van der Waals surface area (Å²) in [5.74, 6) is -2.51. The van der Waals surface area contributed by atoms with Crippen molar-refractivity contribution in [3.05, 3.63) is 12.2 Å². The molecule has 0 unspecified atom stereocenters. The Balaban J connectivity index is 0. The van der Waals surface area contributed by atoms with E-state index in [0.29, 0.717) is 12.2 Å². The van der Waals surface area contributed by atoms with Crippen molar-refractivity contribution in [1.29, 1.82) is 0 Å². The fourth-order valence-electron chi connectivity index (χ4n) is 2.41. The van der Waals surface area contributed by atoms with E-state index in [1.807, 2.05) is 0 Å². The molecule has 0 bridgehead atoms. The molecule has 4 heteroatoms. The molecule has 0 saturated heterocycles. The zero-order chi connectivity index (χ0) is 18.5. The molecule has 0 atom stereocenters. The Morgan fingerprint density at radius 2 is 0.750 bits per heavy atom. The van der Waals surface area contributed by atoms with Gasteiger partial charge in [0.2, 0.25) is 0 Å². The Labute approximate surface area is 148 Å². The van der Waals surface area contributed by atoms with Gasteiger partial charge in [-0.05, 0) is 0 Å². The molecule has 0 heterocycles. The van der Waals surface area contributed by atoms with Gasteiger partial charge in [-0.3, -0.25) is 0 Å². The van der Waals surface area contributed by atoms with E-state index >= 15 is 0 Å². The lowest BCUT2D eigenvalue weighted by molar-refractivity contribution is -0.134. The Bertz CT molecular complexity index is 281. The van der Waals surface area contributed by atoms with E-state index < -0.39 is 11.9 Å². The number of hydrogen-bond donors (Lipinski definition) is 2. The molecule has 0 aromatic rings. The van der Waals surface area contributed by atoms with Gasteiger partial charge in [0.05, 0.1) is 0 Å². The Morgan fingerprint density at radius 1 is 0.542 bits per heavy atom. The Hall–Kier alpha value is -1.32. The monoisotopic (exact) mass is 342 g/mol. The van der Waals surface area contributed by atoms with E-state index in [0.717, 1.165) is 0 Å². The topological polar surface area (TPSA) is 74.6 Å². The number of carbonyl (C=O) groups is 2. The zero-order valence-corrected chi connectivity index (χ0v) is 15.8. The molecule has 2 N–H and O–H groups in total. The second-order valence-corrected chi connectivity index (χ2v) is 6.25. The van der Waals surface area contributed by atoms with Crippen molar-refractivity contribution in [2.45, 2.75) is 104 Å². The van der Waals surface area contributed by atoms with Crippen LogP contribution in [0.2, 0.25) is 0 Å². The van der Waals surface area contributed by atoms with E-state index in [4.69, 9.17) is 10.2 Å². The molecule has 0 fully saturated rings. The summed E-state index contributed by atoms with van der Waals surface area (Å²) >= 11 is 0. The van der Waals surface area contributed by atoms with Crippen LogP contribution in [-0.2, 0) is 9.59 Å². The second kappa shape index (κ2) is 21.7. The number of unbranched alkanes of at least 4 members (excludes halogenated alkanes) is 13. The maximum Gasteiger partial charge on any atom is 0.328 e. The third-order valence-corrected chi connectivity index (χ3v) is 3.83. The van der Waals surface area contributed by atoms with Crippen LogP contribution in [0.1, 0.15) is 104 Å². The van der Waals surface area contributed by atoms with Crippen LogP contribution >= 0.6 is 0 Å². The van der Waals surface area contributed by atoms with E-state index in [1.165, 1.54) is 89.9 Å². The van der Waals surface area contributed by atoms with Crippen LogP contribution in [0.5, 0.6) is 0 Å². The van der Waals surface area contributed by atoms with Gasteiger partial charge in [-0.15, -0.1) is 0 Å². The first kappa shape index (κ1) is 24.9. The average Bonchev–Trinajstić information content (AvgIpc) is 2.54. The molecule has 0 aliphatic heterocycles. The van der Waals surface area contributed by atoms with Crippen LogP contribution in [0.3, 0.4) is 0 Å². The Morgan fingerprint density at radius 3 is 0.917 bits per heavy atom. The molecule has 24 heavy (non-hydrogen) atoms. The third kappa shape index (κ3) is 28.8. The summed E-state index contributed by atoms with van der Waals surface area (Å²) in [4.78, 5) is 19.1. The number of aliphatic carboxylic acids is 2. The van der Waals surface area contributed by atoms with Crippen molar-refractivity contribution in [1.82, 2.24) is 0 Å². The molecule has 4 nitrogen and oxygen atoms in total. The van der Waals surface area contributed by atoms with Crippen molar-refractivity contribution in [2.75, 3.05) is 0 Å². The lowest BCUT2D eigenvalue weighted by Gasteiger charge is -2.02. The van der Waals surface area contributed by atoms with Gasteiger partial charge in [-0.1, -0.05) is 104 Å². The number of carboxylic acid groups (broad SMARTS) is 2. The van der Waals surface area contributed by atoms with Crippen LogP contribution in [0.4, 0.5) is 0 Å². The molecule has 0 aliphatic carbocycles. The van der Waals surface area contributed by atoms with E-state index in [-0.39, 0.29) is 0 Å². The summed E-state index contributed by atoms with van der Waals surface area (Å²) in [7, 11) is 0. The van der Waals surface area contributed by atoms with Crippen molar-refractivity contribution in [2.24, 2.45) is 0 Å². The van der Waals surface area contributed by atoms with Gasteiger partial charge in [0.15, 0.2) is 0 Å². The molecule has 0 aromatic heterocycles. The lowest BCUT2D eigenvalue weighted by Crippen LogP contribution is -1.91. The van der Waals surface area contributed by atoms with Crippen LogP contribution in [0, 0.1) is 0 Å². The summed E-state index contributed by atoms with van der Waals surface area (Å²) < 4.78 is 0. The van der Waals surface area contributed by atoms with Gasteiger partial charge in [-0.2, -0.15) is 0 Å². The first-order valence-corrected chi connectivity index (χ1v) is 9.68. The summed E-state index contributed by atoms with van der Waals surface area (Å²) in [6, 6.07) is 0. The maximum atomic E-state index is 9.55. The highest BCUT2D eigenvalue weighted by Crippen LogP contribution is 2.12. The highest BCUT2D eigenvalue weighted by Gasteiger charge is 1.93. The molecule has 0 rings (SSSR count). The molecule has 0 amide bonds. The first-order valence-electron chi connectivity index (χ1n) is 9.68. The smallest absolute Gasteiger partial charge is 0.328 e. The molecule has 0 aromatic carbocycles. The summed E-state index contributed by atoms with van der Waals surface area (Å²) in [6.45, 7) is 4.58. The van der Waals surface area contributed by atoms with Gasteiger partial charge in [0.1, 0.15) is 0 Å². The second-order valence-electron chi connectivity index (χ2n) is 6.25. The van der Waals surface area contributed by atoms with Crippen LogP contribution < -0.4 is 0 Å². The van der Waals surface area contributed by atoms with Crippen molar-refractivity contribution >= 4 is 11.9 Å². The molecular formula is C20H38O4. The SMILES string of the molecule is CCCCCCCCCCCCCCCC.O=C(O)/C=C/C(=O)O. The standard InChI is InChI=1S/C16H34.C4H4O4/c1-3-5-7-9-11-13-15-16-14-12-10-8-6-4-2;5-3(6)1-2-4(7)8/h3-16H2,1-2H3;1-2H,(H,5,6)(H,7,8)/b;2-1+. The quantitative estimate of drug-likeness (QED) is 0.274. The van der Waals surface area contributed by atoms with Crippen LogP contribution in [0.15, 0.2) is 12.2 Å². The number of carboxylic acids is 2. The highest BCUT2D eigenvalue weighted by atomic mass is 16.4. The van der Waals surface area contributed by atoms with Crippen molar-refractivity contribution < 1.29 is 19.8 Å². The van der Waals surface area contributed by atoms with E-state index in [1.54, 1.807) is 0 Å². The highest BCUT2D eigenvalue weighted by molar-refractivity contribution is 5.89. The minimum Gasteiger partial charge on any atom is -0.478 e. The maximum absolute atomic E-state index is 9.55. The predicted octanol–water partition coefficient (Wildman–Crippen LogP) is 6.20. The van der Waals surface area contributed by atoms with Gasteiger partial charge in [0, 0.05) is 12.2 Å². The van der Waals surface area contributed by atoms with Crippen molar-refractivity contribution in [3.63, 3.8) is 0 Å². The molecular weight excluding hydrogens is 304 g/mol. The minimum atomic E-state index is -1.26. The van der Waals surface area contributed by atoms with Gasteiger partial charge in [-0.25, -0.2) is 9.59 Å². The summed E-state index contributed by atoms with van der Waals surface area (Å²) in [5.41, 5.74) is 0. The Kier molecular flexibility index (Phi) is 22.5. The fraction of sp³-hybridized carbons (Fsp3) is 0.800. The fourth-order valence-corrected chi connectivity index (χ4v) is 2.41. The zero-order valence-electron chi connectivity index (χ0n) is 15.8. The van der Waals surface area contributed by atoms with Crippen LogP contribution in [-0.4, -0.2) is 22.2 Å².